The summed E-state index contributed by atoms with van der Waals surface area (Å²) < 4.78 is 0. The fraction of sp³-hybridized carbons (Fsp3) is 0. The lowest BCUT2D eigenvalue weighted by atomic mass is 10.1. The van der Waals surface area contributed by atoms with Gasteiger partial charge in [0.25, 0.3) is 5.56 Å². The lowest BCUT2D eigenvalue weighted by molar-refractivity contribution is -0.386. The van der Waals surface area contributed by atoms with Gasteiger partial charge >= 0.3 is 11.7 Å². The number of carboxylic acid groups (broad SMARTS) is 1. The van der Waals surface area contributed by atoms with Crippen LogP contribution in [0.15, 0.2) is 29.1 Å². The molecule has 0 aliphatic heterocycles. The molecule has 0 aliphatic rings. The Kier molecular flexibility index (Phi) is 4.51. The Bertz CT molecular complexity index is 1010. The zero-order valence-electron chi connectivity index (χ0n) is 12.3. The first kappa shape index (κ1) is 17.2. The SMILES string of the molecule is N#C/C(=C\c1cc(O)c(O)c([N+](=O)[O-])c1)c1ccc(C(=O)O)c(=O)[nH]1. The molecule has 126 valence electrons. The Morgan fingerprint density at radius 1 is 1.32 bits per heavy atom. The number of benzene rings is 1. The lowest BCUT2D eigenvalue weighted by Gasteiger charge is -2.03. The molecular weight excluding hydrogens is 334 g/mol. The van der Waals surface area contributed by atoms with Gasteiger partial charge in [-0.25, -0.2) is 4.79 Å². The summed E-state index contributed by atoms with van der Waals surface area (Å²) in [5.74, 6) is -3.11. The summed E-state index contributed by atoms with van der Waals surface area (Å²) in [5.41, 5.74) is -2.36. The maximum absolute atomic E-state index is 11.7. The van der Waals surface area contributed by atoms with E-state index in [1.54, 1.807) is 6.07 Å². The van der Waals surface area contributed by atoms with E-state index in [2.05, 4.69) is 4.98 Å². The number of phenolic OH excluding ortho intramolecular Hbond substituents is 2. The van der Waals surface area contributed by atoms with Gasteiger partial charge in [0.1, 0.15) is 11.6 Å². The van der Waals surface area contributed by atoms with Crippen LogP contribution in [0.1, 0.15) is 21.6 Å². The first-order valence-electron chi connectivity index (χ1n) is 6.53. The van der Waals surface area contributed by atoms with Crippen molar-refractivity contribution in [3.8, 4) is 17.6 Å². The third kappa shape index (κ3) is 3.45. The van der Waals surface area contributed by atoms with Crippen LogP contribution in [-0.2, 0) is 0 Å². The molecule has 4 N–H and O–H groups in total. The number of nitrogens with one attached hydrogen (secondary N) is 1. The third-order valence-electron chi connectivity index (χ3n) is 3.15. The molecule has 0 radical (unpaired) electrons. The van der Waals surface area contributed by atoms with E-state index in [0.717, 1.165) is 24.3 Å². The molecule has 0 bridgehead atoms. The number of nitrogens with zero attached hydrogens (tertiary/aromatic N) is 2. The first-order chi connectivity index (χ1) is 11.7. The molecule has 25 heavy (non-hydrogen) atoms. The monoisotopic (exact) mass is 343 g/mol. The predicted octanol–water partition coefficient (Wildman–Crippen LogP) is 1.46. The summed E-state index contributed by atoms with van der Waals surface area (Å²) in [6.07, 6.45) is 1.12. The molecule has 10 nitrogen and oxygen atoms in total. The number of aromatic amines is 1. The normalized spacial score (nSPS) is 10.9. The highest BCUT2D eigenvalue weighted by Crippen LogP contribution is 2.36. The van der Waals surface area contributed by atoms with Crippen molar-refractivity contribution < 1.29 is 25.0 Å². The number of carbonyl (C=O) groups is 1. The average molecular weight is 343 g/mol. The van der Waals surface area contributed by atoms with Crippen LogP contribution in [0.5, 0.6) is 11.5 Å². The molecular formula is C15H9N3O7. The van der Waals surface area contributed by atoms with E-state index in [4.69, 9.17) is 5.11 Å². The van der Waals surface area contributed by atoms with Gasteiger partial charge in [0.2, 0.25) is 5.75 Å². The van der Waals surface area contributed by atoms with E-state index in [1.807, 2.05) is 0 Å². The molecule has 0 amide bonds. The fourth-order valence-electron chi connectivity index (χ4n) is 1.98. The maximum Gasteiger partial charge on any atom is 0.341 e. The molecule has 0 fully saturated rings. The molecule has 1 heterocycles. The number of aromatic carboxylic acids is 1. The second-order valence-corrected chi connectivity index (χ2v) is 4.75. The van der Waals surface area contributed by atoms with Crippen LogP contribution in [0.25, 0.3) is 11.6 Å². The number of H-pyrrole nitrogens is 1. The molecule has 0 aliphatic carbocycles. The van der Waals surface area contributed by atoms with Gasteiger partial charge in [-0.05, 0) is 29.8 Å². The Labute approximate surface area is 138 Å². The summed E-state index contributed by atoms with van der Waals surface area (Å²) in [4.78, 5) is 34.6. The molecule has 0 spiro atoms. The van der Waals surface area contributed by atoms with Gasteiger partial charge in [0, 0.05) is 6.07 Å². The van der Waals surface area contributed by atoms with Crippen molar-refractivity contribution in [3.05, 3.63) is 61.6 Å². The number of rotatable bonds is 4. The number of hydrogen-bond acceptors (Lipinski definition) is 7. The van der Waals surface area contributed by atoms with Crippen molar-refractivity contribution >= 4 is 23.3 Å². The van der Waals surface area contributed by atoms with Gasteiger partial charge in [0.15, 0.2) is 5.75 Å². The summed E-state index contributed by atoms with van der Waals surface area (Å²) >= 11 is 0. The van der Waals surface area contributed by atoms with Gasteiger partial charge in [-0.2, -0.15) is 5.26 Å². The second kappa shape index (κ2) is 6.55. The summed E-state index contributed by atoms with van der Waals surface area (Å²) in [6.45, 7) is 0. The van der Waals surface area contributed by atoms with E-state index < -0.39 is 39.2 Å². The number of allylic oxidation sites excluding steroid dienone is 1. The molecule has 1 aromatic heterocycles. The number of aromatic nitrogens is 1. The molecule has 1 aromatic carbocycles. The zero-order chi connectivity index (χ0) is 18.7. The Balaban J connectivity index is 2.57. The van der Waals surface area contributed by atoms with Crippen molar-refractivity contribution in [1.82, 2.24) is 4.98 Å². The Hall–Kier alpha value is -4.13. The minimum absolute atomic E-state index is 0.0155. The number of nitriles is 1. The van der Waals surface area contributed by atoms with Crippen molar-refractivity contribution in [2.45, 2.75) is 0 Å². The molecule has 10 heteroatoms. The Morgan fingerprint density at radius 2 is 2.00 bits per heavy atom. The number of nitro groups is 1. The molecule has 0 saturated heterocycles. The minimum atomic E-state index is -1.44. The quantitative estimate of drug-likeness (QED) is 0.279. The molecule has 2 rings (SSSR count). The van der Waals surface area contributed by atoms with Gasteiger partial charge in [0.05, 0.1) is 16.2 Å². The van der Waals surface area contributed by atoms with E-state index in [1.165, 1.54) is 6.07 Å². The van der Waals surface area contributed by atoms with E-state index in [0.29, 0.717) is 0 Å². The largest absolute Gasteiger partial charge is 0.504 e. The van der Waals surface area contributed by atoms with E-state index >= 15 is 0 Å². The molecule has 0 unspecified atom stereocenters. The smallest absolute Gasteiger partial charge is 0.341 e. The number of carboxylic acids is 1. The highest BCUT2D eigenvalue weighted by Gasteiger charge is 2.19. The fourth-order valence-corrected chi connectivity index (χ4v) is 1.98. The number of aromatic hydroxyl groups is 2. The number of pyridine rings is 1. The Morgan fingerprint density at radius 3 is 2.52 bits per heavy atom. The maximum atomic E-state index is 11.7. The van der Waals surface area contributed by atoms with Crippen LogP contribution < -0.4 is 5.56 Å². The number of hydrogen-bond donors (Lipinski definition) is 4. The van der Waals surface area contributed by atoms with Crippen LogP contribution in [-0.4, -0.2) is 31.2 Å². The molecule has 2 aromatic rings. The summed E-state index contributed by atoms with van der Waals surface area (Å²) in [6, 6.07) is 5.87. The van der Waals surface area contributed by atoms with Gasteiger partial charge < -0.3 is 20.3 Å². The standard InChI is InChI=1S/C15H9N3O7/c16-6-8(10-2-1-9(15(22)23)14(21)17-10)3-7-4-11(18(24)25)13(20)12(19)5-7/h1-5,19-20H,(H,17,21)(H,22,23)/b8-3+. The van der Waals surface area contributed by atoms with Crippen LogP contribution in [0.3, 0.4) is 0 Å². The van der Waals surface area contributed by atoms with Gasteiger partial charge in [-0.15, -0.1) is 0 Å². The van der Waals surface area contributed by atoms with Gasteiger partial charge in [-0.3, -0.25) is 14.9 Å². The molecule has 0 saturated carbocycles. The van der Waals surface area contributed by atoms with Crippen LogP contribution in [0, 0.1) is 21.4 Å². The van der Waals surface area contributed by atoms with Crippen molar-refractivity contribution in [2.75, 3.05) is 0 Å². The van der Waals surface area contributed by atoms with E-state index in [-0.39, 0.29) is 16.8 Å². The highest BCUT2D eigenvalue weighted by molar-refractivity contribution is 5.91. The highest BCUT2D eigenvalue weighted by atomic mass is 16.6. The first-order valence-corrected chi connectivity index (χ1v) is 6.53. The van der Waals surface area contributed by atoms with Crippen molar-refractivity contribution in [3.63, 3.8) is 0 Å². The van der Waals surface area contributed by atoms with Crippen LogP contribution in [0.2, 0.25) is 0 Å². The van der Waals surface area contributed by atoms with E-state index in [9.17, 15) is 35.2 Å². The average Bonchev–Trinajstić information content (AvgIpc) is 2.54. The van der Waals surface area contributed by atoms with Crippen molar-refractivity contribution in [1.29, 1.82) is 5.26 Å². The third-order valence-corrected chi connectivity index (χ3v) is 3.15. The van der Waals surface area contributed by atoms with Gasteiger partial charge in [-0.1, -0.05) is 0 Å². The summed E-state index contributed by atoms with van der Waals surface area (Å²) in [7, 11) is 0. The topological polar surface area (TPSA) is 178 Å². The minimum Gasteiger partial charge on any atom is -0.504 e. The van der Waals surface area contributed by atoms with Crippen molar-refractivity contribution in [2.24, 2.45) is 0 Å². The second-order valence-electron chi connectivity index (χ2n) is 4.75. The van der Waals surface area contributed by atoms with Crippen LogP contribution in [0.4, 0.5) is 5.69 Å². The zero-order valence-corrected chi connectivity index (χ0v) is 12.3. The molecule has 0 atom stereocenters. The number of phenols is 2. The van der Waals surface area contributed by atoms with Crippen LogP contribution >= 0.6 is 0 Å². The lowest BCUT2D eigenvalue weighted by Crippen LogP contribution is -2.18. The predicted molar refractivity (Wildman–Crippen MR) is 83.9 cm³/mol. The summed E-state index contributed by atoms with van der Waals surface area (Å²) in [5, 5.41) is 47.8. The number of nitro benzene ring substituents is 1.